The molecule has 120 valence electrons. The second-order valence-corrected chi connectivity index (χ2v) is 5.69. The number of hydrogen-bond donors (Lipinski definition) is 3. The Balaban J connectivity index is 1.49. The SMILES string of the molecule is O=C(CCCCCNC(=O)c1ccccc1)NC1CCNC1. The van der Waals surface area contributed by atoms with Crippen molar-refractivity contribution in [2.24, 2.45) is 0 Å². The molecule has 1 aromatic carbocycles. The normalized spacial score (nSPS) is 17.2. The van der Waals surface area contributed by atoms with Gasteiger partial charge < -0.3 is 16.0 Å². The minimum Gasteiger partial charge on any atom is -0.352 e. The molecular formula is C17H25N3O2. The van der Waals surface area contributed by atoms with Gasteiger partial charge in [0.15, 0.2) is 0 Å². The Bertz CT molecular complexity index is 470. The molecular weight excluding hydrogens is 278 g/mol. The smallest absolute Gasteiger partial charge is 0.251 e. The highest BCUT2D eigenvalue weighted by molar-refractivity contribution is 5.94. The third-order valence-electron chi connectivity index (χ3n) is 3.83. The van der Waals surface area contributed by atoms with Gasteiger partial charge in [0.1, 0.15) is 0 Å². The van der Waals surface area contributed by atoms with Crippen LogP contribution in [0.2, 0.25) is 0 Å². The maximum atomic E-state index is 11.8. The summed E-state index contributed by atoms with van der Waals surface area (Å²) in [5.74, 6) is 0.106. The number of hydrogen-bond acceptors (Lipinski definition) is 3. The molecule has 1 heterocycles. The molecule has 1 atom stereocenters. The molecule has 0 bridgehead atoms. The van der Waals surface area contributed by atoms with Gasteiger partial charge in [-0.25, -0.2) is 0 Å². The number of amides is 2. The lowest BCUT2D eigenvalue weighted by Crippen LogP contribution is -2.36. The van der Waals surface area contributed by atoms with E-state index in [1.165, 1.54) is 0 Å². The predicted octanol–water partition coefficient (Wildman–Crippen LogP) is 1.45. The molecule has 1 saturated heterocycles. The Hall–Kier alpha value is -1.88. The molecule has 1 unspecified atom stereocenters. The van der Waals surface area contributed by atoms with Crippen LogP contribution >= 0.6 is 0 Å². The molecule has 1 aliphatic heterocycles. The molecule has 0 aliphatic carbocycles. The first-order valence-corrected chi connectivity index (χ1v) is 8.09. The molecule has 0 aromatic heterocycles. The number of carbonyl (C=O) groups excluding carboxylic acids is 2. The molecule has 0 spiro atoms. The summed E-state index contributed by atoms with van der Waals surface area (Å²) in [4.78, 5) is 23.5. The highest BCUT2D eigenvalue weighted by Crippen LogP contribution is 2.03. The van der Waals surface area contributed by atoms with Crippen LogP contribution in [0.3, 0.4) is 0 Å². The van der Waals surface area contributed by atoms with Crippen LogP contribution in [0, 0.1) is 0 Å². The molecule has 0 radical (unpaired) electrons. The van der Waals surface area contributed by atoms with E-state index in [0.29, 0.717) is 24.6 Å². The van der Waals surface area contributed by atoms with E-state index in [-0.39, 0.29) is 11.8 Å². The average molecular weight is 303 g/mol. The van der Waals surface area contributed by atoms with Crippen LogP contribution in [0.1, 0.15) is 42.5 Å². The number of nitrogens with one attached hydrogen (secondary N) is 3. The third kappa shape index (κ3) is 5.85. The summed E-state index contributed by atoms with van der Waals surface area (Å²) in [6, 6.07) is 9.51. The van der Waals surface area contributed by atoms with Gasteiger partial charge in [0, 0.05) is 31.1 Å². The second-order valence-electron chi connectivity index (χ2n) is 5.69. The van der Waals surface area contributed by atoms with Gasteiger partial charge in [-0.2, -0.15) is 0 Å². The molecule has 0 saturated carbocycles. The standard InChI is InChI=1S/C17H25N3O2/c21-16(20-15-10-12-18-13-15)9-5-2-6-11-19-17(22)14-7-3-1-4-8-14/h1,3-4,7-8,15,18H,2,5-6,9-13H2,(H,19,22)(H,20,21). The topological polar surface area (TPSA) is 70.2 Å². The Morgan fingerprint density at radius 2 is 1.95 bits per heavy atom. The van der Waals surface area contributed by atoms with Crippen LogP contribution in [-0.4, -0.2) is 37.5 Å². The lowest BCUT2D eigenvalue weighted by Gasteiger charge is -2.11. The molecule has 3 N–H and O–H groups in total. The van der Waals surface area contributed by atoms with Crippen LogP contribution < -0.4 is 16.0 Å². The lowest BCUT2D eigenvalue weighted by atomic mass is 10.1. The first-order chi connectivity index (χ1) is 10.8. The van der Waals surface area contributed by atoms with Crippen molar-refractivity contribution in [2.75, 3.05) is 19.6 Å². The monoisotopic (exact) mass is 303 g/mol. The van der Waals surface area contributed by atoms with E-state index in [2.05, 4.69) is 16.0 Å². The van der Waals surface area contributed by atoms with Crippen molar-refractivity contribution in [3.63, 3.8) is 0 Å². The van der Waals surface area contributed by atoms with Gasteiger partial charge in [-0.3, -0.25) is 9.59 Å². The molecule has 2 amide bonds. The van der Waals surface area contributed by atoms with Crippen LogP contribution in [0.5, 0.6) is 0 Å². The summed E-state index contributed by atoms with van der Waals surface area (Å²) in [5.41, 5.74) is 0.687. The molecule has 1 aromatic rings. The molecule has 1 aliphatic rings. The Morgan fingerprint density at radius 3 is 2.68 bits per heavy atom. The second kappa shape index (κ2) is 9.20. The summed E-state index contributed by atoms with van der Waals surface area (Å²) in [6.45, 7) is 2.53. The summed E-state index contributed by atoms with van der Waals surface area (Å²) >= 11 is 0. The van der Waals surface area contributed by atoms with E-state index >= 15 is 0 Å². The first kappa shape index (κ1) is 16.5. The van der Waals surface area contributed by atoms with E-state index in [0.717, 1.165) is 38.8 Å². The maximum absolute atomic E-state index is 11.8. The molecule has 5 heteroatoms. The van der Waals surface area contributed by atoms with Crippen LogP contribution in [0.4, 0.5) is 0 Å². The van der Waals surface area contributed by atoms with Gasteiger partial charge in [-0.05, 0) is 37.9 Å². The quantitative estimate of drug-likeness (QED) is 0.637. The lowest BCUT2D eigenvalue weighted by molar-refractivity contribution is -0.121. The fourth-order valence-corrected chi connectivity index (χ4v) is 2.56. The van der Waals surface area contributed by atoms with Gasteiger partial charge >= 0.3 is 0 Å². The van der Waals surface area contributed by atoms with E-state index in [1.54, 1.807) is 12.1 Å². The first-order valence-electron chi connectivity index (χ1n) is 8.09. The number of benzene rings is 1. The van der Waals surface area contributed by atoms with Gasteiger partial charge in [0.2, 0.25) is 5.91 Å². The zero-order valence-electron chi connectivity index (χ0n) is 12.9. The largest absolute Gasteiger partial charge is 0.352 e. The molecule has 22 heavy (non-hydrogen) atoms. The minimum atomic E-state index is -0.0351. The van der Waals surface area contributed by atoms with Crippen molar-refractivity contribution < 1.29 is 9.59 Å². The summed E-state index contributed by atoms with van der Waals surface area (Å²) in [6.07, 6.45) is 4.32. The Kier molecular flexibility index (Phi) is 6.90. The molecule has 1 fully saturated rings. The van der Waals surface area contributed by atoms with E-state index < -0.39 is 0 Å². The number of carbonyl (C=O) groups is 2. The van der Waals surface area contributed by atoms with Crippen molar-refractivity contribution in [2.45, 2.75) is 38.1 Å². The zero-order chi connectivity index (χ0) is 15.6. The van der Waals surface area contributed by atoms with E-state index in [1.807, 2.05) is 18.2 Å². The molecule has 5 nitrogen and oxygen atoms in total. The summed E-state index contributed by atoms with van der Waals surface area (Å²) < 4.78 is 0. The van der Waals surface area contributed by atoms with Crippen LogP contribution in [0.25, 0.3) is 0 Å². The summed E-state index contributed by atoms with van der Waals surface area (Å²) in [5, 5.41) is 9.17. The van der Waals surface area contributed by atoms with Crippen molar-refractivity contribution >= 4 is 11.8 Å². The number of rotatable bonds is 8. The highest BCUT2D eigenvalue weighted by atomic mass is 16.2. The van der Waals surface area contributed by atoms with Gasteiger partial charge in [0.05, 0.1) is 0 Å². The van der Waals surface area contributed by atoms with Gasteiger partial charge in [-0.15, -0.1) is 0 Å². The van der Waals surface area contributed by atoms with Crippen LogP contribution in [0.15, 0.2) is 30.3 Å². The minimum absolute atomic E-state index is 0.0351. The third-order valence-corrected chi connectivity index (χ3v) is 3.83. The Morgan fingerprint density at radius 1 is 1.14 bits per heavy atom. The maximum Gasteiger partial charge on any atom is 0.251 e. The van der Waals surface area contributed by atoms with Crippen LogP contribution in [-0.2, 0) is 4.79 Å². The van der Waals surface area contributed by atoms with E-state index in [9.17, 15) is 9.59 Å². The van der Waals surface area contributed by atoms with Crippen molar-refractivity contribution in [1.82, 2.24) is 16.0 Å². The highest BCUT2D eigenvalue weighted by Gasteiger charge is 2.15. The van der Waals surface area contributed by atoms with Gasteiger partial charge in [-0.1, -0.05) is 24.6 Å². The zero-order valence-corrected chi connectivity index (χ0v) is 12.9. The predicted molar refractivity (Wildman–Crippen MR) is 86.7 cm³/mol. The summed E-state index contributed by atoms with van der Waals surface area (Å²) in [7, 11) is 0. The average Bonchev–Trinajstić information content (AvgIpc) is 3.04. The van der Waals surface area contributed by atoms with Crippen molar-refractivity contribution in [3.8, 4) is 0 Å². The Labute approximate surface area is 131 Å². The fraction of sp³-hybridized carbons (Fsp3) is 0.529. The van der Waals surface area contributed by atoms with Crippen molar-refractivity contribution in [3.05, 3.63) is 35.9 Å². The van der Waals surface area contributed by atoms with E-state index in [4.69, 9.17) is 0 Å². The fourth-order valence-electron chi connectivity index (χ4n) is 2.56. The van der Waals surface area contributed by atoms with Gasteiger partial charge in [0.25, 0.3) is 5.91 Å². The van der Waals surface area contributed by atoms with Crippen molar-refractivity contribution in [1.29, 1.82) is 0 Å². The number of unbranched alkanes of at least 4 members (excludes halogenated alkanes) is 2. The molecule has 2 rings (SSSR count).